The van der Waals surface area contributed by atoms with Crippen molar-refractivity contribution in [3.8, 4) is 11.6 Å². The maximum absolute atomic E-state index is 12.7. The first-order chi connectivity index (χ1) is 15.6. The Morgan fingerprint density at radius 2 is 1.91 bits per heavy atom. The number of thiophene rings is 1. The van der Waals surface area contributed by atoms with Gasteiger partial charge in [0, 0.05) is 13.7 Å². The van der Waals surface area contributed by atoms with Crippen LogP contribution in [-0.4, -0.2) is 54.5 Å². The summed E-state index contributed by atoms with van der Waals surface area (Å²) in [4.78, 5) is 22.3. The Morgan fingerprint density at radius 3 is 2.52 bits per heavy atom. The van der Waals surface area contributed by atoms with Gasteiger partial charge in [0.2, 0.25) is 5.88 Å². The van der Waals surface area contributed by atoms with Crippen LogP contribution in [0.4, 0.5) is 13.2 Å². The smallest absolute Gasteiger partial charge is 0.416 e. The molecule has 12 heteroatoms. The Bertz CT molecular complexity index is 1120. The average Bonchev–Trinajstić information content (AvgIpc) is 3.12. The number of aromatic nitrogens is 2. The first-order valence-corrected chi connectivity index (χ1v) is 10.5. The van der Waals surface area contributed by atoms with Gasteiger partial charge in [-0.2, -0.15) is 18.2 Å². The summed E-state index contributed by atoms with van der Waals surface area (Å²) in [7, 11) is 2.99. The SMILES string of the molecule is COCc1nc(OC)c2c(C)c(C(=O)NCC(O)COc3ccc(C(F)(F)F)cc3)sc2n1. The summed E-state index contributed by atoms with van der Waals surface area (Å²) in [6, 6.07) is 4.12. The van der Waals surface area contributed by atoms with Crippen LogP contribution < -0.4 is 14.8 Å². The van der Waals surface area contributed by atoms with E-state index in [4.69, 9.17) is 14.2 Å². The van der Waals surface area contributed by atoms with Crippen molar-refractivity contribution in [3.63, 3.8) is 0 Å². The lowest BCUT2D eigenvalue weighted by Gasteiger charge is -2.14. The standard InChI is InChI=1S/C21H22F3N3O5S/c1-11-16-19(31-3)26-15(10-30-2)27-20(16)33-17(11)18(29)25-8-13(28)9-32-14-6-4-12(5-7-14)21(22,23)24/h4-7,13,28H,8-10H2,1-3H3,(H,25,29). The molecule has 1 atom stereocenters. The highest BCUT2D eigenvalue weighted by Crippen LogP contribution is 2.35. The molecule has 1 unspecified atom stereocenters. The highest BCUT2D eigenvalue weighted by atomic mass is 32.1. The largest absolute Gasteiger partial charge is 0.491 e. The highest BCUT2D eigenvalue weighted by molar-refractivity contribution is 7.20. The molecule has 178 valence electrons. The lowest BCUT2D eigenvalue weighted by Crippen LogP contribution is -2.35. The zero-order valence-corrected chi connectivity index (χ0v) is 18.8. The van der Waals surface area contributed by atoms with E-state index in [1.165, 1.54) is 26.4 Å². The first-order valence-electron chi connectivity index (χ1n) is 9.73. The van der Waals surface area contributed by atoms with Crippen molar-refractivity contribution in [2.75, 3.05) is 27.4 Å². The fourth-order valence-corrected chi connectivity index (χ4v) is 4.09. The van der Waals surface area contributed by atoms with Crippen LogP contribution in [0.25, 0.3) is 10.2 Å². The zero-order valence-electron chi connectivity index (χ0n) is 18.0. The Labute approximate surface area is 191 Å². The van der Waals surface area contributed by atoms with Crippen molar-refractivity contribution in [2.45, 2.75) is 25.8 Å². The summed E-state index contributed by atoms with van der Waals surface area (Å²) in [6.07, 6.45) is -5.51. The van der Waals surface area contributed by atoms with Crippen LogP contribution >= 0.6 is 11.3 Å². The Kier molecular flexibility index (Phi) is 7.72. The molecule has 1 aromatic carbocycles. The lowest BCUT2D eigenvalue weighted by atomic mass is 10.2. The van der Waals surface area contributed by atoms with Gasteiger partial charge in [-0.25, -0.2) is 4.98 Å². The number of methoxy groups -OCH3 is 2. The maximum Gasteiger partial charge on any atom is 0.416 e. The van der Waals surface area contributed by atoms with E-state index in [-0.39, 0.29) is 25.5 Å². The van der Waals surface area contributed by atoms with Crippen LogP contribution in [-0.2, 0) is 17.5 Å². The number of ether oxygens (including phenoxy) is 3. The number of rotatable bonds is 9. The number of amides is 1. The van der Waals surface area contributed by atoms with Crippen LogP contribution in [0.1, 0.15) is 26.6 Å². The number of aliphatic hydroxyl groups is 1. The summed E-state index contributed by atoms with van der Waals surface area (Å²) >= 11 is 1.16. The molecule has 0 radical (unpaired) electrons. The molecular formula is C21H22F3N3O5S. The second-order valence-electron chi connectivity index (χ2n) is 7.02. The number of carbonyl (C=O) groups excluding carboxylic acids is 1. The molecule has 8 nitrogen and oxygen atoms in total. The molecular weight excluding hydrogens is 463 g/mol. The van der Waals surface area contributed by atoms with Crippen LogP contribution in [0.2, 0.25) is 0 Å². The number of aliphatic hydroxyl groups excluding tert-OH is 1. The van der Waals surface area contributed by atoms with Gasteiger partial charge >= 0.3 is 6.18 Å². The number of fused-ring (bicyclic) bond motifs is 1. The molecule has 1 amide bonds. The fourth-order valence-electron chi connectivity index (χ4n) is 2.98. The van der Waals surface area contributed by atoms with Crippen LogP contribution in [0.15, 0.2) is 24.3 Å². The van der Waals surface area contributed by atoms with E-state index in [0.29, 0.717) is 32.4 Å². The van der Waals surface area contributed by atoms with Crippen molar-refractivity contribution in [2.24, 2.45) is 0 Å². The third-order valence-electron chi connectivity index (χ3n) is 4.60. The number of carbonyl (C=O) groups is 1. The van der Waals surface area contributed by atoms with E-state index in [0.717, 1.165) is 23.5 Å². The van der Waals surface area contributed by atoms with E-state index >= 15 is 0 Å². The van der Waals surface area contributed by atoms with E-state index < -0.39 is 23.8 Å². The van der Waals surface area contributed by atoms with Gasteiger partial charge in [0.15, 0.2) is 5.82 Å². The maximum atomic E-state index is 12.7. The summed E-state index contributed by atoms with van der Waals surface area (Å²) in [5, 5.41) is 13.4. The molecule has 0 saturated carbocycles. The second-order valence-corrected chi connectivity index (χ2v) is 8.01. The topological polar surface area (TPSA) is 103 Å². The predicted octanol–water partition coefficient (Wildman–Crippen LogP) is 3.34. The van der Waals surface area contributed by atoms with Gasteiger partial charge in [-0.05, 0) is 36.8 Å². The average molecular weight is 485 g/mol. The van der Waals surface area contributed by atoms with Crippen molar-refractivity contribution in [3.05, 3.63) is 46.1 Å². The van der Waals surface area contributed by atoms with Crippen molar-refractivity contribution < 1.29 is 37.3 Å². The number of hydrogen-bond acceptors (Lipinski definition) is 8. The predicted molar refractivity (Wildman–Crippen MR) is 115 cm³/mol. The summed E-state index contributed by atoms with van der Waals surface area (Å²) < 4.78 is 53.5. The number of nitrogens with one attached hydrogen (secondary N) is 1. The minimum Gasteiger partial charge on any atom is -0.491 e. The third-order valence-corrected chi connectivity index (χ3v) is 5.78. The summed E-state index contributed by atoms with van der Waals surface area (Å²) in [5.74, 6) is 0.515. The fraction of sp³-hybridized carbons (Fsp3) is 0.381. The van der Waals surface area contributed by atoms with Crippen LogP contribution in [0.5, 0.6) is 11.6 Å². The van der Waals surface area contributed by atoms with Gasteiger partial charge in [-0.1, -0.05) is 0 Å². The third kappa shape index (κ3) is 5.89. The van der Waals surface area contributed by atoms with Crippen LogP contribution in [0, 0.1) is 6.92 Å². The molecule has 3 aromatic rings. The normalized spacial score (nSPS) is 12.6. The van der Waals surface area contributed by atoms with Crippen LogP contribution in [0.3, 0.4) is 0 Å². The molecule has 2 aromatic heterocycles. The molecule has 0 fully saturated rings. The number of aryl methyl sites for hydroxylation is 1. The Balaban J connectivity index is 1.61. The quantitative estimate of drug-likeness (QED) is 0.479. The summed E-state index contributed by atoms with van der Waals surface area (Å²) in [5.41, 5.74) is -0.152. The van der Waals surface area contributed by atoms with Gasteiger partial charge in [0.05, 0.1) is 22.9 Å². The summed E-state index contributed by atoms with van der Waals surface area (Å²) in [6.45, 7) is 1.61. The molecule has 3 rings (SSSR count). The Morgan fingerprint density at radius 1 is 1.21 bits per heavy atom. The zero-order chi connectivity index (χ0) is 24.2. The molecule has 2 N–H and O–H groups in total. The van der Waals surface area contributed by atoms with E-state index in [9.17, 15) is 23.1 Å². The minimum atomic E-state index is -4.44. The van der Waals surface area contributed by atoms with Gasteiger partial charge in [0.25, 0.3) is 5.91 Å². The Hall–Kier alpha value is -2.96. The molecule has 0 spiro atoms. The molecule has 0 saturated heterocycles. The molecule has 0 aliphatic heterocycles. The second kappa shape index (κ2) is 10.3. The number of hydrogen-bond donors (Lipinski definition) is 2. The van der Waals surface area contributed by atoms with E-state index in [1.54, 1.807) is 6.92 Å². The van der Waals surface area contributed by atoms with Crippen molar-refractivity contribution >= 4 is 27.5 Å². The molecule has 0 aliphatic rings. The minimum absolute atomic E-state index is 0.120. The van der Waals surface area contributed by atoms with E-state index in [1.807, 2.05) is 0 Å². The number of alkyl halides is 3. The van der Waals surface area contributed by atoms with Crippen molar-refractivity contribution in [1.29, 1.82) is 0 Å². The molecule has 0 aliphatic carbocycles. The van der Waals surface area contributed by atoms with Gasteiger partial charge in [-0.15, -0.1) is 11.3 Å². The van der Waals surface area contributed by atoms with Gasteiger partial charge < -0.3 is 24.6 Å². The number of benzene rings is 1. The number of nitrogens with zero attached hydrogens (tertiary/aromatic N) is 2. The highest BCUT2D eigenvalue weighted by Gasteiger charge is 2.30. The first kappa shape index (κ1) is 24.7. The van der Waals surface area contributed by atoms with Gasteiger partial charge in [0.1, 0.15) is 29.9 Å². The monoisotopic (exact) mass is 485 g/mol. The molecule has 33 heavy (non-hydrogen) atoms. The molecule has 0 bridgehead atoms. The van der Waals surface area contributed by atoms with Crippen molar-refractivity contribution in [1.82, 2.24) is 15.3 Å². The lowest BCUT2D eigenvalue weighted by molar-refractivity contribution is -0.137. The molecule has 2 heterocycles. The number of halogens is 3. The van der Waals surface area contributed by atoms with Gasteiger partial charge in [-0.3, -0.25) is 4.79 Å². The van der Waals surface area contributed by atoms with E-state index in [2.05, 4.69) is 15.3 Å².